The van der Waals surface area contributed by atoms with E-state index in [1.807, 2.05) is 0 Å². The lowest BCUT2D eigenvalue weighted by Crippen LogP contribution is -2.02. The lowest BCUT2D eigenvalue weighted by atomic mass is 10.3. The first-order valence-electron chi connectivity index (χ1n) is 2.80. The molecular weight excluding hydrogens is 212 g/mol. The minimum absolute atomic E-state index is 0.00405. The fourth-order valence-electron chi connectivity index (χ4n) is 0.652. The first-order chi connectivity index (χ1) is 5.25. The van der Waals surface area contributed by atoms with Gasteiger partial charge in [0.25, 0.3) is 0 Å². The molecule has 5 heteroatoms. The quantitative estimate of drug-likeness (QED) is 0.737. The molecule has 1 aromatic heterocycles. The summed E-state index contributed by atoms with van der Waals surface area (Å²) in [6, 6.07) is 3.27. The Balaban J connectivity index is 3.12. The predicted molar refractivity (Wildman–Crippen MR) is 43.7 cm³/mol. The van der Waals surface area contributed by atoms with Crippen molar-refractivity contribution in [3.05, 3.63) is 24.0 Å². The molecule has 0 fully saturated rings. The van der Waals surface area contributed by atoms with E-state index in [0.717, 1.165) is 0 Å². The standard InChI is InChI=1S/C6H5BrN2O2/c7-9-4-2-1-3-8-5(4)6(10)11/h1-3,9H,(H,10,11). The summed E-state index contributed by atoms with van der Waals surface area (Å²) in [4.78, 5) is 14.1. The number of aromatic carboxylic acids is 1. The van der Waals surface area contributed by atoms with Crippen molar-refractivity contribution in [3.8, 4) is 0 Å². The molecule has 0 aromatic carbocycles. The molecule has 1 heterocycles. The van der Waals surface area contributed by atoms with E-state index in [-0.39, 0.29) is 5.69 Å². The van der Waals surface area contributed by atoms with Gasteiger partial charge in [-0.1, -0.05) is 0 Å². The van der Waals surface area contributed by atoms with Crippen LogP contribution in [0.5, 0.6) is 0 Å². The van der Waals surface area contributed by atoms with Crippen LogP contribution < -0.4 is 4.34 Å². The zero-order valence-corrected chi connectivity index (χ0v) is 7.00. The van der Waals surface area contributed by atoms with Crippen LogP contribution >= 0.6 is 16.1 Å². The van der Waals surface area contributed by atoms with Crippen LogP contribution in [0.1, 0.15) is 10.5 Å². The fourth-order valence-corrected chi connectivity index (χ4v) is 0.972. The van der Waals surface area contributed by atoms with E-state index in [0.29, 0.717) is 5.69 Å². The van der Waals surface area contributed by atoms with E-state index in [9.17, 15) is 4.79 Å². The van der Waals surface area contributed by atoms with Crippen LogP contribution in [0.2, 0.25) is 0 Å². The third kappa shape index (κ3) is 1.68. The SMILES string of the molecule is O=C(O)c1ncccc1NBr. The highest BCUT2D eigenvalue weighted by molar-refractivity contribution is 9.10. The van der Waals surface area contributed by atoms with Crippen LogP contribution in [0.25, 0.3) is 0 Å². The number of aromatic nitrogens is 1. The largest absolute Gasteiger partial charge is 0.476 e. The Bertz CT molecular complexity index is 277. The number of nitrogens with zero attached hydrogens (tertiary/aromatic N) is 1. The van der Waals surface area contributed by atoms with Crippen LogP contribution in [-0.2, 0) is 0 Å². The van der Waals surface area contributed by atoms with Crippen LogP contribution in [0.3, 0.4) is 0 Å². The second-order valence-electron chi connectivity index (χ2n) is 1.80. The Morgan fingerprint density at radius 3 is 2.91 bits per heavy atom. The van der Waals surface area contributed by atoms with Crippen molar-refractivity contribution in [1.29, 1.82) is 0 Å². The second kappa shape index (κ2) is 3.34. The maximum atomic E-state index is 10.5. The van der Waals surface area contributed by atoms with Crippen molar-refractivity contribution in [2.45, 2.75) is 0 Å². The molecule has 0 unspecified atom stereocenters. The number of hydrogen-bond acceptors (Lipinski definition) is 3. The minimum Gasteiger partial charge on any atom is -0.476 e. The molecule has 4 nitrogen and oxygen atoms in total. The van der Waals surface area contributed by atoms with Gasteiger partial charge in [-0.25, -0.2) is 9.78 Å². The maximum Gasteiger partial charge on any atom is 0.356 e. The topological polar surface area (TPSA) is 62.2 Å². The Morgan fingerprint density at radius 2 is 2.45 bits per heavy atom. The Morgan fingerprint density at radius 1 is 1.73 bits per heavy atom. The zero-order valence-electron chi connectivity index (χ0n) is 5.41. The van der Waals surface area contributed by atoms with Crippen molar-refractivity contribution in [2.24, 2.45) is 0 Å². The van der Waals surface area contributed by atoms with Gasteiger partial charge in [0.2, 0.25) is 0 Å². The summed E-state index contributed by atoms with van der Waals surface area (Å²) >= 11 is 2.92. The number of anilines is 1. The molecule has 0 aliphatic rings. The predicted octanol–water partition coefficient (Wildman–Crippen LogP) is 1.50. The van der Waals surface area contributed by atoms with Gasteiger partial charge < -0.3 is 9.45 Å². The van der Waals surface area contributed by atoms with Gasteiger partial charge >= 0.3 is 5.97 Å². The van der Waals surface area contributed by atoms with E-state index < -0.39 is 5.97 Å². The van der Waals surface area contributed by atoms with Crippen LogP contribution in [-0.4, -0.2) is 16.1 Å². The van der Waals surface area contributed by atoms with E-state index in [2.05, 4.69) is 25.5 Å². The molecule has 0 aliphatic carbocycles. The van der Waals surface area contributed by atoms with E-state index in [1.54, 1.807) is 12.1 Å². The molecule has 0 atom stereocenters. The molecule has 1 rings (SSSR count). The van der Waals surface area contributed by atoms with E-state index >= 15 is 0 Å². The number of carboxylic acids is 1. The van der Waals surface area contributed by atoms with Gasteiger partial charge in [0, 0.05) is 22.3 Å². The minimum atomic E-state index is -1.05. The number of halogens is 1. The number of pyridine rings is 1. The highest BCUT2D eigenvalue weighted by atomic mass is 79.9. The third-order valence-corrected chi connectivity index (χ3v) is 1.54. The molecule has 0 amide bonds. The van der Waals surface area contributed by atoms with Crippen molar-refractivity contribution in [2.75, 3.05) is 4.34 Å². The number of nitrogens with one attached hydrogen (secondary N) is 1. The molecule has 11 heavy (non-hydrogen) atoms. The van der Waals surface area contributed by atoms with Gasteiger partial charge in [0.05, 0.1) is 5.69 Å². The summed E-state index contributed by atoms with van der Waals surface area (Å²) in [6.45, 7) is 0. The summed E-state index contributed by atoms with van der Waals surface area (Å²) < 4.78 is 2.55. The van der Waals surface area contributed by atoms with E-state index in [4.69, 9.17) is 5.11 Å². The number of carboxylic acid groups (broad SMARTS) is 1. The van der Waals surface area contributed by atoms with Gasteiger partial charge in [-0.3, -0.25) is 0 Å². The Kier molecular flexibility index (Phi) is 2.43. The smallest absolute Gasteiger partial charge is 0.356 e. The van der Waals surface area contributed by atoms with E-state index in [1.165, 1.54) is 6.20 Å². The molecule has 0 saturated heterocycles. The molecule has 0 aliphatic heterocycles. The number of carbonyl (C=O) groups is 1. The highest BCUT2D eigenvalue weighted by Gasteiger charge is 2.08. The third-order valence-electron chi connectivity index (χ3n) is 1.11. The molecule has 1 aromatic rings. The Hall–Kier alpha value is -1.10. The van der Waals surface area contributed by atoms with Gasteiger partial charge in [-0.05, 0) is 12.1 Å². The van der Waals surface area contributed by atoms with Crippen LogP contribution in [0, 0.1) is 0 Å². The summed E-state index contributed by atoms with van der Waals surface area (Å²) in [6.07, 6.45) is 1.43. The first kappa shape index (κ1) is 8.00. The monoisotopic (exact) mass is 216 g/mol. The number of hydrogen-bond donors (Lipinski definition) is 2. The van der Waals surface area contributed by atoms with Crippen molar-refractivity contribution in [1.82, 2.24) is 4.98 Å². The molecule has 0 saturated carbocycles. The Labute approximate surface area is 71.6 Å². The molecule has 0 bridgehead atoms. The van der Waals surface area contributed by atoms with Gasteiger partial charge in [-0.15, -0.1) is 0 Å². The lowest BCUT2D eigenvalue weighted by molar-refractivity contribution is 0.0692. The zero-order chi connectivity index (χ0) is 8.27. The highest BCUT2D eigenvalue weighted by Crippen LogP contribution is 2.12. The van der Waals surface area contributed by atoms with Gasteiger partial charge in [0.1, 0.15) is 0 Å². The van der Waals surface area contributed by atoms with Gasteiger partial charge in [-0.2, -0.15) is 0 Å². The molecule has 0 spiro atoms. The van der Waals surface area contributed by atoms with Crippen LogP contribution in [0.15, 0.2) is 18.3 Å². The fraction of sp³-hybridized carbons (Fsp3) is 0. The summed E-state index contributed by atoms with van der Waals surface area (Å²) in [5.74, 6) is -1.05. The van der Waals surface area contributed by atoms with Crippen molar-refractivity contribution in [3.63, 3.8) is 0 Å². The van der Waals surface area contributed by atoms with Crippen molar-refractivity contribution >= 4 is 27.8 Å². The molecule has 0 radical (unpaired) electrons. The first-order valence-corrected chi connectivity index (χ1v) is 3.60. The second-order valence-corrected chi connectivity index (χ2v) is 2.20. The average Bonchev–Trinajstić information content (AvgIpc) is 2.04. The molecule has 58 valence electrons. The molecule has 2 N–H and O–H groups in total. The average molecular weight is 217 g/mol. The lowest BCUT2D eigenvalue weighted by Gasteiger charge is -1.99. The summed E-state index contributed by atoms with van der Waals surface area (Å²) in [7, 11) is 0. The van der Waals surface area contributed by atoms with Crippen LogP contribution in [0.4, 0.5) is 5.69 Å². The maximum absolute atomic E-state index is 10.5. The van der Waals surface area contributed by atoms with Gasteiger partial charge in [0.15, 0.2) is 5.69 Å². The molecular formula is C6H5BrN2O2. The summed E-state index contributed by atoms with van der Waals surface area (Å²) in [5.41, 5.74) is 0.448. The normalized spacial score (nSPS) is 9.18. The summed E-state index contributed by atoms with van der Waals surface area (Å²) in [5, 5.41) is 8.57. The number of rotatable bonds is 2. The van der Waals surface area contributed by atoms with Crippen molar-refractivity contribution < 1.29 is 9.90 Å².